The zero-order valence-corrected chi connectivity index (χ0v) is 18.3. The summed E-state index contributed by atoms with van der Waals surface area (Å²) in [7, 11) is -1.70. The first-order valence-electron chi connectivity index (χ1n) is 10.5. The van der Waals surface area contributed by atoms with Crippen molar-refractivity contribution in [3.8, 4) is 0 Å². The Morgan fingerprint density at radius 3 is 2.21 bits per heavy atom. The maximum atomic E-state index is 11.7. The van der Waals surface area contributed by atoms with Crippen molar-refractivity contribution in [1.82, 2.24) is 5.32 Å². The van der Waals surface area contributed by atoms with E-state index in [9.17, 15) is 14.5 Å². The van der Waals surface area contributed by atoms with Crippen LogP contribution < -0.4 is 11.1 Å². The Bertz CT molecular complexity index is 490. The van der Waals surface area contributed by atoms with E-state index in [1.165, 1.54) is 12.8 Å². The molecule has 1 atom stereocenters. The number of rotatable bonds is 18. The predicted octanol–water partition coefficient (Wildman–Crippen LogP) is 4.57. The molecule has 0 heterocycles. The quantitative estimate of drug-likeness (QED) is 0.175. The van der Waals surface area contributed by atoms with Gasteiger partial charge in [-0.2, -0.15) is 0 Å². The van der Waals surface area contributed by atoms with Gasteiger partial charge in [0.25, 0.3) is 0 Å². The largest absolute Gasteiger partial charge is 0.366 e. The van der Waals surface area contributed by atoms with Crippen molar-refractivity contribution in [3.63, 3.8) is 0 Å². The third-order valence-electron chi connectivity index (χ3n) is 4.16. The molecule has 0 saturated heterocycles. The Kier molecular flexibility index (Phi) is 19.5. The monoisotopic (exact) mass is 410 g/mol. The molecule has 1 unspecified atom stereocenters. The van der Waals surface area contributed by atoms with Crippen molar-refractivity contribution in [3.05, 3.63) is 36.5 Å². The molecule has 160 valence electrons. The lowest BCUT2D eigenvalue weighted by Crippen LogP contribution is -2.26. The molecule has 1 amide bonds. The van der Waals surface area contributed by atoms with Crippen LogP contribution in [0.1, 0.15) is 71.1 Å². The van der Waals surface area contributed by atoms with Crippen molar-refractivity contribution < 1.29 is 14.5 Å². The summed E-state index contributed by atoms with van der Waals surface area (Å²) in [5, 5.41) is 2.75. The Labute approximate surface area is 172 Å². The van der Waals surface area contributed by atoms with E-state index >= 15 is 0 Å². The van der Waals surface area contributed by atoms with Gasteiger partial charge in [-0.3, -0.25) is 9.59 Å². The summed E-state index contributed by atoms with van der Waals surface area (Å²) < 4.78 is 0. The first-order chi connectivity index (χ1) is 13.6. The van der Waals surface area contributed by atoms with Crippen molar-refractivity contribution in [2.45, 2.75) is 71.1 Å². The second-order valence-electron chi connectivity index (χ2n) is 6.67. The molecule has 0 saturated carbocycles. The average Bonchev–Trinajstić information content (AvgIpc) is 2.70. The van der Waals surface area contributed by atoms with Crippen molar-refractivity contribution in [2.24, 2.45) is 5.73 Å². The Morgan fingerprint density at radius 1 is 0.929 bits per heavy atom. The van der Waals surface area contributed by atoms with E-state index in [0.29, 0.717) is 13.0 Å². The van der Waals surface area contributed by atoms with E-state index in [0.717, 1.165) is 44.9 Å². The lowest BCUT2D eigenvalue weighted by Gasteiger charge is -2.09. The molecule has 0 spiro atoms. The number of allylic oxidation sites excluding steroid dienone is 6. The maximum Gasteiger partial charge on any atom is 0.220 e. The molecule has 0 rings (SSSR count). The Balaban J connectivity index is 3.42. The standard InChI is InChI=1S/C22H39N2O3P/c1-2-3-4-5-6-7-8-9-10-11-12-13-14-15-16-17-21(25)24-18-19-28(27)22(26)20-23/h3-4,6-7,9-10,27H,2,5,8,11-20,23H2,1H3,(H,24,25). The van der Waals surface area contributed by atoms with Crippen LogP contribution in [0.15, 0.2) is 36.5 Å². The minimum absolute atomic E-state index is 0.00947. The molecular weight excluding hydrogens is 371 g/mol. The molecule has 6 heteroatoms. The van der Waals surface area contributed by atoms with Crippen LogP contribution in [0.2, 0.25) is 0 Å². The molecule has 0 aliphatic carbocycles. The number of hydrogen-bond acceptors (Lipinski definition) is 4. The van der Waals surface area contributed by atoms with Crippen LogP contribution in [0.3, 0.4) is 0 Å². The summed E-state index contributed by atoms with van der Waals surface area (Å²) in [4.78, 5) is 32.4. The molecule has 0 aliphatic heterocycles. The SMILES string of the molecule is CCC=CCC=CCC=CCCCCCCCC(=O)NCCP(O)C(=O)CN. The number of amides is 1. The smallest absolute Gasteiger partial charge is 0.220 e. The molecule has 5 nitrogen and oxygen atoms in total. The lowest BCUT2D eigenvalue weighted by atomic mass is 10.1. The van der Waals surface area contributed by atoms with Gasteiger partial charge in [-0.1, -0.05) is 62.6 Å². The van der Waals surface area contributed by atoms with Gasteiger partial charge in [0.15, 0.2) is 5.52 Å². The molecule has 28 heavy (non-hydrogen) atoms. The summed E-state index contributed by atoms with van der Waals surface area (Å²) in [5.74, 6) is -0.00947. The number of nitrogens with one attached hydrogen (secondary N) is 1. The normalized spacial score (nSPS) is 13.0. The molecule has 0 bridgehead atoms. The van der Waals surface area contributed by atoms with Crippen LogP contribution in [0.5, 0.6) is 0 Å². The van der Waals surface area contributed by atoms with E-state index in [4.69, 9.17) is 5.73 Å². The van der Waals surface area contributed by atoms with Crippen molar-refractivity contribution >= 4 is 19.6 Å². The van der Waals surface area contributed by atoms with Gasteiger partial charge in [-0.25, -0.2) is 0 Å². The zero-order valence-electron chi connectivity index (χ0n) is 17.4. The summed E-state index contributed by atoms with van der Waals surface area (Å²) in [6.07, 6.45) is 23.8. The minimum atomic E-state index is -1.70. The number of nitrogens with two attached hydrogens (primary N) is 1. The van der Waals surface area contributed by atoms with Crippen LogP contribution in [-0.4, -0.2) is 35.6 Å². The van der Waals surface area contributed by atoms with Gasteiger partial charge in [0, 0.05) is 19.1 Å². The highest BCUT2D eigenvalue weighted by Gasteiger charge is 2.13. The molecule has 0 aromatic carbocycles. The van der Waals surface area contributed by atoms with E-state index in [2.05, 4.69) is 48.7 Å². The van der Waals surface area contributed by atoms with Crippen LogP contribution >= 0.6 is 8.15 Å². The predicted molar refractivity (Wildman–Crippen MR) is 120 cm³/mol. The van der Waals surface area contributed by atoms with Crippen LogP contribution in [0, 0.1) is 0 Å². The Morgan fingerprint density at radius 2 is 1.54 bits per heavy atom. The van der Waals surface area contributed by atoms with Gasteiger partial charge >= 0.3 is 0 Å². The first-order valence-corrected chi connectivity index (χ1v) is 12.0. The van der Waals surface area contributed by atoms with Gasteiger partial charge in [-0.05, 0) is 38.5 Å². The number of carbonyl (C=O) groups is 2. The molecule has 0 fully saturated rings. The van der Waals surface area contributed by atoms with Gasteiger partial charge in [0.05, 0.1) is 14.7 Å². The summed E-state index contributed by atoms with van der Waals surface area (Å²) in [6, 6.07) is 0. The highest BCUT2D eigenvalue weighted by atomic mass is 31.1. The number of hydrogen-bond donors (Lipinski definition) is 3. The summed E-state index contributed by atoms with van der Waals surface area (Å²) in [6.45, 7) is 2.34. The van der Waals surface area contributed by atoms with Crippen molar-refractivity contribution in [1.29, 1.82) is 0 Å². The van der Waals surface area contributed by atoms with Gasteiger partial charge in [-0.15, -0.1) is 0 Å². The maximum absolute atomic E-state index is 11.7. The molecule has 0 radical (unpaired) electrons. The molecule has 0 aliphatic rings. The van der Waals surface area contributed by atoms with Crippen molar-refractivity contribution in [2.75, 3.05) is 19.3 Å². The van der Waals surface area contributed by atoms with Crippen LogP contribution in [0.25, 0.3) is 0 Å². The number of carbonyl (C=O) groups excluding carboxylic acids is 2. The van der Waals surface area contributed by atoms with E-state index < -0.39 is 8.15 Å². The van der Waals surface area contributed by atoms with Crippen LogP contribution in [0.4, 0.5) is 0 Å². The summed E-state index contributed by atoms with van der Waals surface area (Å²) >= 11 is 0. The topological polar surface area (TPSA) is 92.4 Å². The van der Waals surface area contributed by atoms with E-state index in [-0.39, 0.29) is 24.1 Å². The Hall–Kier alpha value is -1.29. The fourth-order valence-electron chi connectivity index (χ4n) is 2.52. The fourth-order valence-corrected chi connectivity index (χ4v) is 3.31. The van der Waals surface area contributed by atoms with E-state index in [1.807, 2.05) is 0 Å². The molecule has 0 aromatic heterocycles. The second kappa shape index (κ2) is 20.4. The first kappa shape index (κ1) is 26.7. The third-order valence-corrected chi connectivity index (χ3v) is 5.57. The zero-order chi connectivity index (χ0) is 20.9. The van der Waals surface area contributed by atoms with Gasteiger partial charge < -0.3 is 15.9 Å². The highest BCUT2D eigenvalue weighted by molar-refractivity contribution is 7.69. The molecular formula is C22H39N2O3P. The molecule has 4 N–H and O–H groups in total. The summed E-state index contributed by atoms with van der Waals surface area (Å²) in [5.41, 5.74) is 4.86. The lowest BCUT2D eigenvalue weighted by molar-refractivity contribution is -0.121. The molecule has 0 aromatic rings. The van der Waals surface area contributed by atoms with Gasteiger partial charge in [0.2, 0.25) is 5.91 Å². The third kappa shape index (κ3) is 18.1. The fraction of sp³-hybridized carbons (Fsp3) is 0.636. The highest BCUT2D eigenvalue weighted by Crippen LogP contribution is 2.28. The average molecular weight is 411 g/mol. The minimum Gasteiger partial charge on any atom is -0.366 e. The van der Waals surface area contributed by atoms with Gasteiger partial charge in [0.1, 0.15) is 0 Å². The second-order valence-corrected chi connectivity index (χ2v) is 8.42. The van der Waals surface area contributed by atoms with E-state index in [1.54, 1.807) is 0 Å². The van der Waals surface area contributed by atoms with Crippen LogP contribution in [-0.2, 0) is 9.59 Å². The number of unbranched alkanes of at least 4 members (excludes halogenated alkanes) is 5.